The highest BCUT2D eigenvalue weighted by molar-refractivity contribution is 9.10. The number of alkyl halides is 3. The summed E-state index contributed by atoms with van der Waals surface area (Å²) in [5.74, 6) is -2.45. The van der Waals surface area contributed by atoms with E-state index in [1.165, 1.54) is 12.1 Å². The molecule has 0 bridgehead atoms. The van der Waals surface area contributed by atoms with E-state index in [0.29, 0.717) is 28.1 Å². The smallest absolute Gasteiger partial charge is 0.416 e. The predicted octanol–water partition coefficient (Wildman–Crippen LogP) is 3.94. The summed E-state index contributed by atoms with van der Waals surface area (Å²) in [7, 11) is 3.53. The van der Waals surface area contributed by atoms with Crippen molar-refractivity contribution in [3.63, 3.8) is 0 Å². The lowest BCUT2D eigenvalue weighted by molar-refractivity contribution is -0.139. The van der Waals surface area contributed by atoms with Crippen LogP contribution in [0, 0.1) is 5.82 Å². The van der Waals surface area contributed by atoms with Crippen molar-refractivity contribution in [3.8, 4) is 0 Å². The summed E-state index contributed by atoms with van der Waals surface area (Å²) in [4.78, 5) is 26.0. The number of aryl methyl sites for hydroxylation is 1. The number of aliphatic carboxylic acids is 1. The third-order valence-corrected chi connectivity index (χ3v) is 4.78. The summed E-state index contributed by atoms with van der Waals surface area (Å²) in [6.07, 6.45) is -3.57. The van der Waals surface area contributed by atoms with Gasteiger partial charge in [-0.2, -0.15) is 13.2 Å². The SMILES string of the molecule is CN(C)CCCc1cn(C(C(=O)O)c2cc(Br)ccc2F)c(=O)cc1C(F)(F)F. The fraction of sp³-hybridized carbons (Fsp3) is 0.368. The van der Waals surface area contributed by atoms with E-state index < -0.39 is 35.1 Å². The lowest BCUT2D eigenvalue weighted by Gasteiger charge is -2.21. The van der Waals surface area contributed by atoms with Crippen LogP contribution in [0.4, 0.5) is 17.6 Å². The molecule has 1 heterocycles. The molecule has 1 aromatic heterocycles. The van der Waals surface area contributed by atoms with E-state index in [-0.39, 0.29) is 17.5 Å². The average Bonchev–Trinajstić information content (AvgIpc) is 2.58. The summed E-state index contributed by atoms with van der Waals surface area (Å²) >= 11 is 3.10. The van der Waals surface area contributed by atoms with Gasteiger partial charge < -0.3 is 10.0 Å². The molecular weight excluding hydrogens is 460 g/mol. The Bertz CT molecular complexity index is 957. The molecule has 10 heteroatoms. The van der Waals surface area contributed by atoms with E-state index in [4.69, 9.17) is 0 Å². The first kappa shape index (κ1) is 23.1. The van der Waals surface area contributed by atoms with Crippen LogP contribution in [0.15, 0.2) is 39.7 Å². The maximum absolute atomic E-state index is 14.3. The minimum Gasteiger partial charge on any atom is -0.479 e. The Morgan fingerprint density at radius 2 is 1.93 bits per heavy atom. The van der Waals surface area contributed by atoms with Gasteiger partial charge in [0, 0.05) is 22.3 Å². The zero-order valence-corrected chi connectivity index (χ0v) is 17.2. The molecule has 0 amide bonds. The van der Waals surface area contributed by atoms with Crippen molar-refractivity contribution in [1.82, 2.24) is 9.47 Å². The second-order valence-electron chi connectivity index (χ2n) is 6.77. The molecule has 0 radical (unpaired) electrons. The molecule has 0 aliphatic heterocycles. The molecule has 158 valence electrons. The van der Waals surface area contributed by atoms with Crippen LogP contribution < -0.4 is 5.56 Å². The molecule has 1 unspecified atom stereocenters. The Morgan fingerprint density at radius 1 is 1.28 bits per heavy atom. The summed E-state index contributed by atoms with van der Waals surface area (Å²) in [5, 5.41) is 9.62. The van der Waals surface area contributed by atoms with E-state index in [1.807, 2.05) is 0 Å². The van der Waals surface area contributed by atoms with Crippen molar-refractivity contribution in [2.24, 2.45) is 0 Å². The number of carbonyl (C=O) groups is 1. The summed E-state index contributed by atoms with van der Waals surface area (Å²) in [6, 6.07) is 2.11. The molecule has 1 aromatic carbocycles. The fourth-order valence-electron chi connectivity index (χ4n) is 2.97. The molecule has 0 fully saturated rings. The zero-order chi connectivity index (χ0) is 21.9. The Morgan fingerprint density at radius 3 is 2.48 bits per heavy atom. The fourth-order valence-corrected chi connectivity index (χ4v) is 3.35. The summed E-state index contributed by atoms with van der Waals surface area (Å²) in [5.41, 5.74) is -2.86. The van der Waals surface area contributed by atoms with Gasteiger partial charge in [0.2, 0.25) is 0 Å². The molecule has 0 saturated carbocycles. The second kappa shape index (κ2) is 9.08. The van der Waals surface area contributed by atoms with Gasteiger partial charge in [0.1, 0.15) is 5.82 Å². The first-order chi connectivity index (χ1) is 13.4. The van der Waals surface area contributed by atoms with E-state index in [0.717, 1.165) is 12.3 Å². The number of carboxylic acids is 1. The molecule has 0 saturated heterocycles. The Balaban J connectivity index is 2.64. The number of carboxylic acid groups (broad SMARTS) is 1. The average molecular weight is 479 g/mol. The van der Waals surface area contributed by atoms with Crippen LogP contribution in [-0.2, 0) is 17.4 Å². The van der Waals surface area contributed by atoms with Crippen LogP contribution in [-0.4, -0.2) is 41.2 Å². The third-order valence-electron chi connectivity index (χ3n) is 4.28. The first-order valence-electron chi connectivity index (χ1n) is 8.56. The van der Waals surface area contributed by atoms with Crippen LogP contribution in [0.3, 0.4) is 0 Å². The highest BCUT2D eigenvalue weighted by Gasteiger charge is 2.35. The van der Waals surface area contributed by atoms with Crippen molar-refractivity contribution in [2.75, 3.05) is 20.6 Å². The van der Waals surface area contributed by atoms with Gasteiger partial charge in [-0.3, -0.25) is 9.36 Å². The van der Waals surface area contributed by atoms with Gasteiger partial charge in [0.25, 0.3) is 5.56 Å². The van der Waals surface area contributed by atoms with Gasteiger partial charge in [0.15, 0.2) is 6.04 Å². The van der Waals surface area contributed by atoms with Crippen molar-refractivity contribution in [1.29, 1.82) is 0 Å². The number of hydrogen-bond donors (Lipinski definition) is 1. The van der Waals surface area contributed by atoms with Crippen LogP contribution in [0.5, 0.6) is 0 Å². The van der Waals surface area contributed by atoms with Crippen LogP contribution in [0.2, 0.25) is 0 Å². The molecule has 0 spiro atoms. The molecular formula is C19H19BrF4N2O3. The van der Waals surface area contributed by atoms with Gasteiger partial charge in [0.05, 0.1) is 5.56 Å². The third kappa shape index (κ3) is 5.66. The first-order valence-corrected chi connectivity index (χ1v) is 9.36. The Kier molecular flexibility index (Phi) is 7.23. The van der Waals surface area contributed by atoms with Crippen molar-refractivity contribution >= 4 is 21.9 Å². The number of halogens is 5. The number of nitrogens with zero attached hydrogens (tertiary/aromatic N) is 2. The van der Waals surface area contributed by atoms with Crippen molar-refractivity contribution in [3.05, 3.63) is 67.8 Å². The second-order valence-corrected chi connectivity index (χ2v) is 7.68. The molecule has 1 N–H and O–H groups in total. The lowest BCUT2D eigenvalue weighted by Crippen LogP contribution is -2.32. The number of hydrogen-bond acceptors (Lipinski definition) is 3. The van der Waals surface area contributed by atoms with Gasteiger partial charge >= 0.3 is 12.1 Å². The van der Waals surface area contributed by atoms with E-state index in [1.54, 1.807) is 19.0 Å². The number of aromatic nitrogens is 1. The summed E-state index contributed by atoms with van der Waals surface area (Å²) in [6.45, 7) is 0.499. The van der Waals surface area contributed by atoms with E-state index in [2.05, 4.69) is 15.9 Å². The maximum Gasteiger partial charge on any atom is 0.416 e. The van der Waals surface area contributed by atoms with E-state index in [9.17, 15) is 32.3 Å². The lowest BCUT2D eigenvalue weighted by atomic mass is 10.0. The minimum atomic E-state index is -4.77. The quantitative estimate of drug-likeness (QED) is 0.612. The van der Waals surface area contributed by atoms with E-state index >= 15 is 0 Å². The monoisotopic (exact) mass is 478 g/mol. The van der Waals surface area contributed by atoms with Crippen LogP contribution in [0.1, 0.15) is 29.2 Å². The molecule has 2 aromatic rings. The largest absolute Gasteiger partial charge is 0.479 e. The van der Waals surface area contributed by atoms with Gasteiger partial charge in [-0.25, -0.2) is 9.18 Å². The van der Waals surface area contributed by atoms with Crippen LogP contribution >= 0.6 is 15.9 Å². The number of rotatable bonds is 7. The number of pyridine rings is 1. The Hall–Kier alpha value is -2.20. The van der Waals surface area contributed by atoms with Gasteiger partial charge in [-0.1, -0.05) is 15.9 Å². The normalized spacial score (nSPS) is 13.0. The van der Waals surface area contributed by atoms with Gasteiger partial charge in [-0.05, 0) is 57.2 Å². The molecule has 2 rings (SSSR count). The molecule has 1 atom stereocenters. The van der Waals surface area contributed by atoms with Crippen molar-refractivity contribution in [2.45, 2.75) is 25.1 Å². The highest BCUT2D eigenvalue weighted by Crippen LogP contribution is 2.33. The van der Waals surface area contributed by atoms with Crippen LogP contribution in [0.25, 0.3) is 0 Å². The molecule has 29 heavy (non-hydrogen) atoms. The maximum atomic E-state index is 14.3. The predicted molar refractivity (Wildman–Crippen MR) is 102 cm³/mol. The minimum absolute atomic E-state index is 0.0272. The number of benzene rings is 1. The van der Waals surface area contributed by atoms with Gasteiger partial charge in [-0.15, -0.1) is 0 Å². The standard InChI is InChI=1S/C19H19BrF4N2O3/c1-25(2)7-3-4-11-10-26(16(27)9-14(11)19(22,23)24)17(18(28)29)13-8-12(20)5-6-15(13)21/h5-6,8-10,17H,3-4,7H2,1-2H3,(H,28,29). The molecule has 5 nitrogen and oxygen atoms in total. The molecule has 0 aliphatic carbocycles. The van der Waals surface area contributed by atoms with Crippen molar-refractivity contribution < 1.29 is 27.5 Å². The summed E-state index contributed by atoms with van der Waals surface area (Å²) < 4.78 is 55.5. The zero-order valence-electron chi connectivity index (χ0n) is 15.6. The Labute approximate surface area is 172 Å². The topological polar surface area (TPSA) is 62.5 Å². The molecule has 0 aliphatic rings. The highest BCUT2D eigenvalue weighted by atomic mass is 79.9.